The van der Waals surface area contributed by atoms with E-state index < -0.39 is 0 Å². The average molecular weight is 269 g/mol. The fourth-order valence-electron chi connectivity index (χ4n) is 1.67. The van der Waals surface area contributed by atoms with Gasteiger partial charge in [-0.3, -0.25) is 4.99 Å². The van der Waals surface area contributed by atoms with Crippen LogP contribution in [0, 0.1) is 0 Å². The van der Waals surface area contributed by atoms with Gasteiger partial charge in [0.05, 0.1) is 12.3 Å². The van der Waals surface area contributed by atoms with Crippen LogP contribution in [0.4, 0.5) is 5.69 Å². The minimum Gasteiger partial charge on any atom is -0.508 e. The van der Waals surface area contributed by atoms with Crippen LogP contribution in [0.2, 0.25) is 0 Å². The minimum absolute atomic E-state index is 0.248. The minimum atomic E-state index is 0.248. The Morgan fingerprint density at radius 2 is 1.75 bits per heavy atom. The van der Waals surface area contributed by atoms with E-state index >= 15 is 0 Å². The Balaban J connectivity index is 1.94. The molecule has 0 spiro atoms. The molecule has 3 nitrogen and oxygen atoms in total. The van der Waals surface area contributed by atoms with E-state index in [9.17, 15) is 5.11 Å². The first kappa shape index (κ1) is 14.1. The summed E-state index contributed by atoms with van der Waals surface area (Å²) < 4.78 is 5.61. The standard InChI is InChI=1S/C17H19NO2/c1-2-3-12-20-17-10-4-14(5-11-17)13-18-15-6-8-16(19)9-7-15/h4-11,13,19H,2-3,12H2,1H3. The van der Waals surface area contributed by atoms with Crippen molar-refractivity contribution in [2.24, 2.45) is 4.99 Å². The predicted molar refractivity (Wildman–Crippen MR) is 82.2 cm³/mol. The third kappa shape index (κ3) is 4.43. The van der Waals surface area contributed by atoms with Crippen molar-refractivity contribution in [2.45, 2.75) is 19.8 Å². The molecule has 104 valence electrons. The summed E-state index contributed by atoms with van der Waals surface area (Å²) in [5.74, 6) is 1.14. The molecule has 2 aromatic carbocycles. The largest absolute Gasteiger partial charge is 0.508 e. The van der Waals surface area contributed by atoms with Crippen LogP contribution in [0.25, 0.3) is 0 Å². The monoisotopic (exact) mass is 269 g/mol. The maximum Gasteiger partial charge on any atom is 0.119 e. The molecular formula is C17H19NO2. The summed E-state index contributed by atoms with van der Waals surface area (Å²) in [7, 11) is 0. The summed E-state index contributed by atoms with van der Waals surface area (Å²) >= 11 is 0. The highest BCUT2D eigenvalue weighted by Gasteiger charge is 1.94. The SMILES string of the molecule is CCCCOc1ccc(C=Nc2ccc(O)cc2)cc1. The van der Waals surface area contributed by atoms with Crippen molar-refractivity contribution in [3.05, 3.63) is 54.1 Å². The second kappa shape index (κ2) is 7.34. The first-order valence-electron chi connectivity index (χ1n) is 6.84. The zero-order valence-corrected chi connectivity index (χ0v) is 11.6. The van der Waals surface area contributed by atoms with Crippen LogP contribution in [0.15, 0.2) is 53.5 Å². The van der Waals surface area contributed by atoms with Crippen molar-refractivity contribution in [3.8, 4) is 11.5 Å². The van der Waals surface area contributed by atoms with Crippen LogP contribution in [0.1, 0.15) is 25.3 Å². The molecule has 1 N–H and O–H groups in total. The number of aromatic hydroxyl groups is 1. The second-order valence-electron chi connectivity index (χ2n) is 4.55. The lowest BCUT2D eigenvalue weighted by Gasteiger charge is -2.04. The van der Waals surface area contributed by atoms with Gasteiger partial charge in [-0.05, 0) is 60.5 Å². The number of phenolic OH excluding ortho intramolecular Hbond substituents is 1. The summed E-state index contributed by atoms with van der Waals surface area (Å²) in [5.41, 5.74) is 1.83. The molecule has 0 aliphatic carbocycles. The molecule has 0 amide bonds. The molecule has 0 heterocycles. The first-order chi connectivity index (χ1) is 9.78. The summed E-state index contributed by atoms with van der Waals surface area (Å²) in [5, 5.41) is 9.20. The molecule has 0 radical (unpaired) electrons. The van der Waals surface area contributed by atoms with Gasteiger partial charge >= 0.3 is 0 Å². The third-order valence-electron chi connectivity index (χ3n) is 2.86. The number of nitrogens with zero attached hydrogens (tertiary/aromatic N) is 1. The van der Waals surface area contributed by atoms with Gasteiger partial charge < -0.3 is 9.84 Å². The number of unbranched alkanes of at least 4 members (excludes halogenated alkanes) is 1. The van der Waals surface area contributed by atoms with Gasteiger partial charge in [-0.15, -0.1) is 0 Å². The quantitative estimate of drug-likeness (QED) is 0.626. The summed E-state index contributed by atoms with van der Waals surface area (Å²) in [6.07, 6.45) is 4.00. The van der Waals surface area contributed by atoms with Crippen LogP contribution in [-0.4, -0.2) is 17.9 Å². The highest BCUT2D eigenvalue weighted by atomic mass is 16.5. The van der Waals surface area contributed by atoms with Crippen molar-refractivity contribution in [1.82, 2.24) is 0 Å². The highest BCUT2D eigenvalue weighted by Crippen LogP contribution is 2.17. The molecule has 2 rings (SSSR count). The topological polar surface area (TPSA) is 41.8 Å². The average Bonchev–Trinajstić information content (AvgIpc) is 2.48. The van der Waals surface area contributed by atoms with Crippen molar-refractivity contribution in [1.29, 1.82) is 0 Å². The van der Waals surface area contributed by atoms with Crippen LogP contribution < -0.4 is 4.74 Å². The Bertz CT molecular complexity index is 544. The van der Waals surface area contributed by atoms with Crippen molar-refractivity contribution >= 4 is 11.9 Å². The zero-order valence-electron chi connectivity index (χ0n) is 11.6. The van der Waals surface area contributed by atoms with E-state index in [-0.39, 0.29) is 5.75 Å². The Hall–Kier alpha value is -2.29. The third-order valence-corrected chi connectivity index (χ3v) is 2.86. The zero-order chi connectivity index (χ0) is 14.2. The van der Waals surface area contributed by atoms with E-state index in [0.29, 0.717) is 0 Å². The van der Waals surface area contributed by atoms with E-state index in [2.05, 4.69) is 11.9 Å². The summed E-state index contributed by atoms with van der Waals surface area (Å²) in [4.78, 5) is 4.35. The van der Waals surface area contributed by atoms with Crippen molar-refractivity contribution in [3.63, 3.8) is 0 Å². The summed E-state index contributed by atoms with van der Waals surface area (Å²) in [6, 6.07) is 14.6. The van der Waals surface area contributed by atoms with Gasteiger partial charge in [-0.2, -0.15) is 0 Å². The van der Waals surface area contributed by atoms with E-state index in [0.717, 1.165) is 36.4 Å². The van der Waals surface area contributed by atoms with E-state index in [1.54, 1.807) is 30.5 Å². The van der Waals surface area contributed by atoms with Crippen LogP contribution in [-0.2, 0) is 0 Å². The fourth-order valence-corrected chi connectivity index (χ4v) is 1.67. The molecule has 3 heteroatoms. The number of aliphatic imine (C=N–C) groups is 1. The molecule has 0 aliphatic heterocycles. The lowest BCUT2D eigenvalue weighted by molar-refractivity contribution is 0.309. The van der Waals surface area contributed by atoms with Crippen LogP contribution in [0.3, 0.4) is 0 Å². The van der Waals surface area contributed by atoms with E-state index in [1.807, 2.05) is 24.3 Å². The van der Waals surface area contributed by atoms with Gasteiger partial charge in [0, 0.05) is 6.21 Å². The number of ether oxygens (including phenoxy) is 1. The molecule has 0 aliphatic rings. The second-order valence-corrected chi connectivity index (χ2v) is 4.55. The number of rotatable bonds is 6. The Morgan fingerprint density at radius 3 is 2.40 bits per heavy atom. The maximum atomic E-state index is 9.20. The van der Waals surface area contributed by atoms with Crippen molar-refractivity contribution < 1.29 is 9.84 Å². The lowest BCUT2D eigenvalue weighted by atomic mass is 10.2. The van der Waals surface area contributed by atoms with Gasteiger partial charge in [-0.1, -0.05) is 13.3 Å². The van der Waals surface area contributed by atoms with Gasteiger partial charge in [0.1, 0.15) is 11.5 Å². The lowest BCUT2D eigenvalue weighted by Crippen LogP contribution is -1.96. The Kier molecular flexibility index (Phi) is 5.18. The highest BCUT2D eigenvalue weighted by molar-refractivity contribution is 5.82. The van der Waals surface area contributed by atoms with Crippen molar-refractivity contribution in [2.75, 3.05) is 6.61 Å². The Morgan fingerprint density at radius 1 is 1.05 bits per heavy atom. The first-order valence-corrected chi connectivity index (χ1v) is 6.84. The number of hydrogen-bond acceptors (Lipinski definition) is 3. The summed E-state index contributed by atoms with van der Waals surface area (Å²) in [6.45, 7) is 2.91. The molecule has 0 aromatic heterocycles. The van der Waals surface area contributed by atoms with Gasteiger partial charge in [0.2, 0.25) is 0 Å². The molecule has 20 heavy (non-hydrogen) atoms. The number of hydrogen-bond donors (Lipinski definition) is 1. The van der Waals surface area contributed by atoms with Crippen LogP contribution in [0.5, 0.6) is 11.5 Å². The molecular weight excluding hydrogens is 250 g/mol. The van der Waals surface area contributed by atoms with E-state index in [4.69, 9.17) is 4.74 Å². The predicted octanol–water partition coefficient (Wildman–Crippen LogP) is 4.32. The Labute approximate surface area is 119 Å². The molecule has 0 saturated carbocycles. The smallest absolute Gasteiger partial charge is 0.119 e. The molecule has 0 fully saturated rings. The van der Waals surface area contributed by atoms with E-state index in [1.165, 1.54) is 0 Å². The van der Waals surface area contributed by atoms with Gasteiger partial charge in [0.25, 0.3) is 0 Å². The molecule has 0 bridgehead atoms. The maximum absolute atomic E-state index is 9.20. The van der Waals surface area contributed by atoms with Gasteiger partial charge in [0.15, 0.2) is 0 Å². The molecule has 2 aromatic rings. The normalized spacial score (nSPS) is 10.8. The molecule has 0 unspecified atom stereocenters. The van der Waals surface area contributed by atoms with Gasteiger partial charge in [-0.25, -0.2) is 0 Å². The fraction of sp³-hybridized carbons (Fsp3) is 0.235. The molecule has 0 saturated heterocycles. The van der Waals surface area contributed by atoms with Crippen LogP contribution >= 0.6 is 0 Å². The number of phenols is 1. The number of benzene rings is 2. The molecule has 0 atom stereocenters.